The molecular formula is C16H15FN2O2. The quantitative estimate of drug-likeness (QED) is 0.670. The SMILES string of the molecule is COc1ccc(/C=C/C(=O)Nc2ccccc2F)cc1N. The number of ether oxygens (including phenoxy) is 1. The lowest BCUT2D eigenvalue weighted by Gasteiger charge is -2.05. The molecule has 2 aromatic rings. The highest BCUT2D eigenvalue weighted by Crippen LogP contribution is 2.22. The van der Waals surface area contributed by atoms with Crippen molar-refractivity contribution in [1.29, 1.82) is 0 Å². The minimum atomic E-state index is -0.479. The highest BCUT2D eigenvalue weighted by molar-refractivity contribution is 6.02. The average Bonchev–Trinajstić information content (AvgIpc) is 2.48. The first-order valence-electron chi connectivity index (χ1n) is 6.27. The van der Waals surface area contributed by atoms with Crippen LogP contribution in [0.5, 0.6) is 5.75 Å². The summed E-state index contributed by atoms with van der Waals surface area (Å²) < 4.78 is 18.4. The van der Waals surface area contributed by atoms with Gasteiger partial charge in [0, 0.05) is 6.08 Å². The molecule has 0 aliphatic carbocycles. The van der Waals surface area contributed by atoms with E-state index >= 15 is 0 Å². The second-order valence-electron chi connectivity index (χ2n) is 4.30. The van der Waals surface area contributed by atoms with Gasteiger partial charge in [0.25, 0.3) is 0 Å². The molecule has 5 heteroatoms. The summed E-state index contributed by atoms with van der Waals surface area (Å²) in [6.45, 7) is 0. The maximum Gasteiger partial charge on any atom is 0.248 e. The summed E-state index contributed by atoms with van der Waals surface area (Å²) in [7, 11) is 1.53. The summed E-state index contributed by atoms with van der Waals surface area (Å²) in [6, 6.07) is 11.1. The molecule has 2 aromatic carbocycles. The van der Waals surface area contributed by atoms with Gasteiger partial charge < -0.3 is 15.8 Å². The van der Waals surface area contributed by atoms with Crippen molar-refractivity contribution in [1.82, 2.24) is 0 Å². The molecule has 0 aromatic heterocycles. The Labute approximate surface area is 122 Å². The van der Waals surface area contributed by atoms with E-state index in [1.165, 1.54) is 25.3 Å². The summed E-state index contributed by atoms with van der Waals surface area (Å²) in [4.78, 5) is 11.7. The summed E-state index contributed by atoms with van der Waals surface area (Å²) in [5.41, 5.74) is 7.14. The lowest BCUT2D eigenvalue weighted by atomic mass is 10.1. The number of rotatable bonds is 4. The number of amides is 1. The highest BCUT2D eigenvalue weighted by Gasteiger charge is 2.03. The van der Waals surface area contributed by atoms with Crippen molar-refractivity contribution in [2.45, 2.75) is 0 Å². The third-order valence-corrected chi connectivity index (χ3v) is 2.81. The monoisotopic (exact) mass is 286 g/mol. The van der Waals surface area contributed by atoms with E-state index in [-0.39, 0.29) is 5.69 Å². The number of benzene rings is 2. The van der Waals surface area contributed by atoms with Gasteiger partial charge in [0.2, 0.25) is 5.91 Å². The normalized spacial score (nSPS) is 10.6. The number of halogens is 1. The molecule has 0 unspecified atom stereocenters. The first-order chi connectivity index (χ1) is 10.1. The molecule has 0 saturated carbocycles. The molecule has 3 N–H and O–H groups in total. The van der Waals surface area contributed by atoms with Crippen molar-refractivity contribution in [3.8, 4) is 5.75 Å². The second kappa shape index (κ2) is 6.56. The van der Waals surface area contributed by atoms with Gasteiger partial charge in [-0.05, 0) is 35.9 Å². The van der Waals surface area contributed by atoms with E-state index in [0.29, 0.717) is 11.4 Å². The predicted octanol–water partition coefficient (Wildman–Crippen LogP) is 3.07. The number of hydrogen-bond donors (Lipinski definition) is 2. The Morgan fingerprint density at radius 1 is 1.29 bits per heavy atom. The van der Waals surface area contributed by atoms with Crippen molar-refractivity contribution in [3.63, 3.8) is 0 Å². The van der Waals surface area contributed by atoms with Crippen molar-refractivity contribution < 1.29 is 13.9 Å². The molecule has 0 bridgehead atoms. The number of methoxy groups -OCH3 is 1. The first kappa shape index (κ1) is 14.6. The maximum atomic E-state index is 13.4. The van der Waals surface area contributed by atoms with Crippen LogP contribution in [0.15, 0.2) is 48.5 Å². The number of carbonyl (C=O) groups is 1. The van der Waals surface area contributed by atoms with Gasteiger partial charge >= 0.3 is 0 Å². The van der Waals surface area contributed by atoms with Crippen LogP contribution in [0.4, 0.5) is 15.8 Å². The van der Waals surface area contributed by atoms with Crippen molar-refractivity contribution in [2.24, 2.45) is 0 Å². The molecule has 0 aliphatic heterocycles. The van der Waals surface area contributed by atoms with Gasteiger partial charge in [-0.3, -0.25) is 4.79 Å². The topological polar surface area (TPSA) is 64.3 Å². The molecule has 108 valence electrons. The van der Waals surface area contributed by atoms with Gasteiger partial charge in [-0.25, -0.2) is 4.39 Å². The fraction of sp³-hybridized carbons (Fsp3) is 0.0625. The van der Waals surface area contributed by atoms with Crippen molar-refractivity contribution in [2.75, 3.05) is 18.2 Å². The lowest BCUT2D eigenvalue weighted by Crippen LogP contribution is -2.09. The van der Waals surface area contributed by atoms with Crippen LogP contribution < -0.4 is 15.8 Å². The summed E-state index contributed by atoms with van der Waals surface area (Å²) >= 11 is 0. The van der Waals surface area contributed by atoms with Gasteiger partial charge in [-0.2, -0.15) is 0 Å². The number of para-hydroxylation sites is 1. The van der Waals surface area contributed by atoms with Crippen LogP contribution in [0.3, 0.4) is 0 Å². The summed E-state index contributed by atoms with van der Waals surface area (Å²) in [5.74, 6) is -0.328. The van der Waals surface area contributed by atoms with E-state index in [0.717, 1.165) is 5.56 Å². The molecule has 0 heterocycles. The number of nitrogens with one attached hydrogen (secondary N) is 1. The number of hydrogen-bond acceptors (Lipinski definition) is 3. The molecular weight excluding hydrogens is 271 g/mol. The van der Waals surface area contributed by atoms with E-state index in [1.54, 1.807) is 36.4 Å². The zero-order valence-corrected chi connectivity index (χ0v) is 11.5. The Morgan fingerprint density at radius 2 is 2.05 bits per heavy atom. The third kappa shape index (κ3) is 3.82. The molecule has 0 aliphatic rings. The zero-order chi connectivity index (χ0) is 15.2. The third-order valence-electron chi connectivity index (χ3n) is 2.81. The molecule has 0 saturated heterocycles. The number of nitrogens with two attached hydrogens (primary N) is 1. The molecule has 2 rings (SSSR count). The number of nitrogen functional groups attached to an aromatic ring is 1. The minimum absolute atomic E-state index is 0.140. The lowest BCUT2D eigenvalue weighted by molar-refractivity contribution is -0.111. The predicted molar refractivity (Wildman–Crippen MR) is 81.5 cm³/mol. The van der Waals surface area contributed by atoms with Crippen molar-refractivity contribution in [3.05, 3.63) is 59.9 Å². The van der Waals surface area contributed by atoms with Gasteiger partial charge in [-0.1, -0.05) is 18.2 Å². The van der Waals surface area contributed by atoms with E-state index in [9.17, 15) is 9.18 Å². The van der Waals surface area contributed by atoms with E-state index < -0.39 is 11.7 Å². The van der Waals surface area contributed by atoms with Crippen LogP contribution in [0, 0.1) is 5.82 Å². The standard InChI is InChI=1S/C16H15FN2O2/c1-21-15-8-6-11(10-13(15)18)7-9-16(20)19-14-5-3-2-4-12(14)17/h2-10H,18H2,1H3,(H,19,20)/b9-7+. The van der Waals surface area contributed by atoms with E-state index in [4.69, 9.17) is 10.5 Å². The summed E-state index contributed by atoms with van der Waals surface area (Å²) in [6.07, 6.45) is 2.90. The molecule has 0 fully saturated rings. The Bertz CT molecular complexity index is 684. The Hall–Kier alpha value is -2.82. The van der Waals surface area contributed by atoms with E-state index in [1.807, 2.05) is 0 Å². The molecule has 0 spiro atoms. The van der Waals surface area contributed by atoms with E-state index in [2.05, 4.69) is 5.32 Å². The Balaban J connectivity index is 2.05. The van der Waals surface area contributed by atoms with Crippen LogP contribution in [0.2, 0.25) is 0 Å². The van der Waals surface area contributed by atoms with Gasteiger partial charge in [0.05, 0.1) is 18.5 Å². The van der Waals surface area contributed by atoms with Gasteiger partial charge in [0.15, 0.2) is 0 Å². The maximum absolute atomic E-state index is 13.4. The fourth-order valence-electron chi connectivity index (χ4n) is 1.77. The van der Waals surface area contributed by atoms with Gasteiger partial charge in [0.1, 0.15) is 11.6 Å². The zero-order valence-electron chi connectivity index (χ0n) is 11.5. The van der Waals surface area contributed by atoms with Crippen LogP contribution in [0.1, 0.15) is 5.56 Å². The highest BCUT2D eigenvalue weighted by atomic mass is 19.1. The first-order valence-corrected chi connectivity index (χ1v) is 6.27. The van der Waals surface area contributed by atoms with Crippen molar-refractivity contribution >= 4 is 23.4 Å². The second-order valence-corrected chi connectivity index (χ2v) is 4.30. The average molecular weight is 286 g/mol. The van der Waals surface area contributed by atoms with Crippen LogP contribution >= 0.6 is 0 Å². The number of anilines is 2. The van der Waals surface area contributed by atoms with Crippen LogP contribution in [-0.4, -0.2) is 13.0 Å². The van der Waals surface area contributed by atoms with Crippen LogP contribution in [0.25, 0.3) is 6.08 Å². The molecule has 0 atom stereocenters. The Kier molecular flexibility index (Phi) is 4.56. The van der Waals surface area contributed by atoms with Crippen LogP contribution in [-0.2, 0) is 4.79 Å². The molecule has 21 heavy (non-hydrogen) atoms. The summed E-state index contributed by atoms with van der Waals surface area (Å²) in [5, 5.41) is 2.46. The minimum Gasteiger partial charge on any atom is -0.495 e. The molecule has 4 nitrogen and oxygen atoms in total. The Morgan fingerprint density at radius 3 is 2.71 bits per heavy atom. The largest absolute Gasteiger partial charge is 0.495 e. The van der Waals surface area contributed by atoms with Gasteiger partial charge in [-0.15, -0.1) is 0 Å². The molecule has 1 amide bonds. The smallest absolute Gasteiger partial charge is 0.248 e. The molecule has 0 radical (unpaired) electrons. The number of carbonyl (C=O) groups excluding carboxylic acids is 1. The fourth-order valence-corrected chi connectivity index (χ4v) is 1.77.